The second-order valence-corrected chi connectivity index (χ2v) is 14.6. The summed E-state index contributed by atoms with van der Waals surface area (Å²) in [5, 5.41) is -0.407. The van der Waals surface area contributed by atoms with E-state index in [-0.39, 0.29) is 26.3 Å². The smallest absolute Gasteiger partial charge is 0.443 e. The average molecular weight is 557 g/mol. The normalized spacial score (nSPS) is 16.3. The van der Waals surface area contributed by atoms with Crippen LogP contribution in [0.25, 0.3) is 0 Å². The summed E-state index contributed by atoms with van der Waals surface area (Å²) in [6.07, 6.45) is 2.34. The van der Waals surface area contributed by atoms with Gasteiger partial charge in [0.25, 0.3) is 10.0 Å². The van der Waals surface area contributed by atoms with Gasteiger partial charge in [0.2, 0.25) is 10.0 Å². The Hall–Kier alpha value is -0.673. The van der Waals surface area contributed by atoms with Gasteiger partial charge in [0.1, 0.15) is 11.2 Å². The van der Waals surface area contributed by atoms with E-state index in [0.29, 0.717) is 25.7 Å². The number of ether oxygens (including phenoxy) is 2. The van der Waals surface area contributed by atoms with Crippen molar-refractivity contribution >= 4 is 43.8 Å². The molecule has 2 N–H and O–H groups in total. The van der Waals surface area contributed by atoms with Crippen molar-refractivity contribution in [2.24, 2.45) is 0 Å². The van der Waals surface area contributed by atoms with Crippen LogP contribution in [0, 0.1) is 6.92 Å². The average Bonchev–Trinajstić information content (AvgIpc) is 3.45. The van der Waals surface area contributed by atoms with Gasteiger partial charge in [-0.05, 0) is 67.2 Å². The molecule has 0 aliphatic heterocycles. The van der Waals surface area contributed by atoms with Gasteiger partial charge in [-0.1, -0.05) is 32.4 Å². The first-order valence-electron chi connectivity index (χ1n) is 10.7. The molecule has 0 radical (unpaired) electrons. The van der Waals surface area contributed by atoms with Crippen LogP contribution in [0.15, 0.2) is 0 Å². The fourth-order valence-corrected chi connectivity index (χ4v) is 4.23. The van der Waals surface area contributed by atoms with Crippen LogP contribution in [0.1, 0.15) is 94.4 Å². The third-order valence-electron chi connectivity index (χ3n) is 3.68. The molecule has 0 heterocycles. The van der Waals surface area contributed by atoms with Crippen LogP contribution in [0.3, 0.4) is 0 Å². The van der Waals surface area contributed by atoms with Crippen molar-refractivity contribution in [2.75, 3.05) is 0 Å². The molecule has 0 spiro atoms. The molecule has 2 saturated carbocycles. The zero-order valence-corrected chi connectivity index (χ0v) is 23.9. The Morgan fingerprint density at radius 2 is 1.29 bits per heavy atom. The topological polar surface area (TPSA) is 145 Å². The summed E-state index contributed by atoms with van der Waals surface area (Å²) in [7, 11) is -7.30. The number of rotatable bonds is 5. The predicted molar refractivity (Wildman–Crippen MR) is 134 cm³/mol. The van der Waals surface area contributed by atoms with Crippen LogP contribution in [0.2, 0.25) is 0 Å². The van der Waals surface area contributed by atoms with E-state index in [1.807, 2.05) is 4.72 Å². The summed E-state index contributed by atoms with van der Waals surface area (Å²) in [5.41, 5.74) is -1.41. The van der Waals surface area contributed by atoms with E-state index in [0.717, 1.165) is 6.42 Å². The standard InChI is InChI=1S/C8H14ClNO4S.C8H15NO4S.C4H9.CH4.Li/c1-7(2,3)14-6(11)10-15(12,13)8(9)4-5-8;1-8(2,3)13-7(10)9-14(11,12)6-4-5-6;1-3-4-2;;/h4-5H2,1-3H3,(H,10,11);6H,4-5H2,1-3H3,(H,9,10);1,3-4H2,2H3;1H4;/q;;-1;;+1. The van der Waals surface area contributed by atoms with Crippen LogP contribution in [-0.2, 0) is 29.5 Å². The van der Waals surface area contributed by atoms with Crippen molar-refractivity contribution in [3.63, 3.8) is 0 Å². The van der Waals surface area contributed by atoms with Gasteiger partial charge in [-0.3, -0.25) is 0 Å². The minimum Gasteiger partial charge on any atom is -0.443 e. The molecule has 0 aromatic rings. The molecule has 0 aromatic carbocycles. The molecule has 0 unspecified atom stereocenters. The van der Waals surface area contributed by atoms with Crippen molar-refractivity contribution in [1.82, 2.24) is 9.44 Å². The maximum absolute atomic E-state index is 11.5. The van der Waals surface area contributed by atoms with Crippen LogP contribution in [0.5, 0.6) is 0 Å². The molecule has 0 saturated heterocycles. The summed E-state index contributed by atoms with van der Waals surface area (Å²) >= 11 is 5.69. The zero-order chi connectivity index (χ0) is 26.3. The van der Waals surface area contributed by atoms with Crippen molar-refractivity contribution < 1.29 is 54.8 Å². The SMILES string of the molecule is C.CC(C)(C)OC(=O)NS(=O)(=O)C1(Cl)CC1.CC(C)(C)OC(=O)NS(=O)(=O)C1CC1.[CH2-]CCC.[Li+]. The van der Waals surface area contributed by atoms with E-state index in [2.05, 4.69) is 13.8 Å². The van der Waals surface area contributed by atoms with Gasteiger partial charge in [-0.25, -0.2) is 35.9 Å². The third-order valence-corrected chi connectivity index (χ3v) is 8.28. The molecule has 0 bridgehead atoms. The number of alkyl halides is 1. The summed E-state index contributed by atoms with van der Waals surface area (Å²) in [4.78, 5) is 22.3. The second-order valence-electron chi connectivity index (χ2n) is 9.69. The van der Waals surface area contributed by atoms with Crippen LogP contribution in [-0.4, -0.2) is 49.7 Å². The summed E-state index contributed by atoms with van der Waals surface area (Å²) in [6, 6.07) is 0. The van der Waals surface area contributed by atoms with Crippen molar-refractivity contribution in [3.05, 3.63) is 6.92 Å². The van der Waals surface area contributed by atoms with Crippen LogP contribution < -0.4 is 28.3 Å². The number of carbonyl (C=O) groups excluding carboxylic acids is 2. The van der Waals surface area contributed by atoms with E-state index in [9.17, 15) is 26.4 Å². The van der Waals surface area contributed by atoms with Gasteiger partial charge in [-0.15, -0.1) is 0 Å². The monoisotopic (exact) mass is 556 g/mol. The molecule has 204 valence electrons. The van der Waals surface area contributed by atoms with Crippen molar-refractivity contribution in [1.29, 1.82) is 0 Å². The third kappa shape index (κ3) is 17.4. The molecule has 2 rings (SSSR count). The quantitative estimate of drug-likeness (QED) is 0.296. The first-order chi connectivity index (χ1) is 14.7. The number of halogens is 1. The Balaban J connectivity index is -0.000000484. The van der Waals surface area contributed by atoms with E-state index < -0.39 is 52.9 Å². The largest absolute Gasteiger partial charge is 1.00 e. The fraction of sp³-hybridized carbons (Fsp3) is 0.857. The molecule has 0 atom stereocenters. The van der Waals surface area contributed by atoms with Gasteiger partial charge in [0, 0.05) is 0 Å². The maximum atomic E-state index is 11.5. The van der Waals surface area contributed by atoms with Gasteiger partial charge in [0.05, 0.1) is 5.25 Å². The predicted octanol–water partition coefficient (Wildman–Crippen LogP) is 1.83. The minimum absolute atomic E-state index is 0. The summed E-state index contributed by atoms with van der Waals surface area (Å²) < 4.78 is 57.5. The van der Waals surface area contributed by atoms with E-state index >= 15 is 0 Å². The molecular formula is C21H42ClLiN2O8S2. The Labute approximate surface area is 229 Å². The molecule has 14 heteroatoms. The van der Waals surface area contributed by atoms with Crippen LogP contribution >= 0.6 is 11.6 Å². The first kappa shape index (κ1) is 38.9. The Morgan fingerprint density at radius 1 is 0.943 bits per heavy atom. The molecular weight excluding hydrogens is 515 g/mol. The molecule has 2 fully saturated rings. The molecule has 2 amide bonds. The molecule has 2 aliphatic rings. The van der Waals surface area contributed by atoms with Gasteiger partial charge in [-0.2, -0.15) is 6.42 Å². The van der Waals surface area contributed by atoms with Crippen molar-refractivity contribution in [2.45, 2.75) is 115 Å². The Morgan fingerprint density at radius 3 is 1.54 bits per heavy atom. The number of hydrogen-bond acceptors (Lipinski definition) is 8. The van der Waals surface area contributed by atoms with E-state index in [1.165, 1.54) is 6.42 Å². The number of unbranched alkanes of at least 4 members (excludes halogenated alkanes) is 1. The number of sulfonamides is 2. The van der Waals surface area contributed by atoms with Crippen molar-refractivity contribution in [3.8, 4) is 0 Å². The molecule has 2 aliphatic carbocycles. The second kappa shape index (κ2) is 14.9. The van der Waals surface area contributed by atoms with E-state index in [4.69, 9.17) is 21.1 Å². The molecule has 0 aromatic heterocycles. The molecule has 35 heavy (non-hydrogen) atoms. The van der Waals surface area contributed by atoms with E-state index in [1.54, 1.807) is 46.3 Å². The summed E-state index contributed by atoms with van der Waals surface area (Å²) in [5.74, 6) is 0. The number of carbonyl (C=O) groups is 2. The summed E-state index contributed by atoms with van der Waals surface area (Å²) in [6.45, 7) is 15.7. The van der Waals surface area contributed by atoms with Gasteiger partial charge >= 0.3 is 31.0 Å². The first-order valence-corrected chi connectivity index (χ1v) is 14.1. The van der Waals surface area contributed by atoms with Gasteiger partial charge < -0.3 is 16.4 Å². The number of nitrogens with one attached hydrogen (secondary N) is 2. The Kier molecular flexibility index (Phi) is 16.6. The fourth-order valence-electron chi connectivity index (χ4n) is 1.74. The number of amides is 2. The molecule has 10 nitrogen and oxygen atoms in total. The maximum Gasteiger partial charge on any atom is 1.00 e. The minimum atomic E-state index is -3.82. The number of hydrogen-bond donors (Lipinski definition) is 2. The van der Waals surface area contributed by atoms with Crippen LogP contribution in [0.4, 0.5) is 9.59 Å². The van der Waals surface area contributed by atoms with Gasteiger partial charge in [0.15, 0.2) is 4.21 Å². The Bertz CT molecular complexity index is 872. The zero-order valence-electron chi connectivity index (χ0n) is 21.5.